The zero-order valence-corrected chi connectivity index (χ0v) is 12.5. The zero-order chi connectivity index (χ0) is 15.7. The minimum absolute atomic E-state index is 0.384. The molecule has 0 atom stereocenters. The molecule has 22 heavy (non-hydrogen) atoms. The standard InChI is InChI=1S/C16H12ClN5/c1-10-2-3-12(17)5-15(10)22-8-11(4-13(22)7-18)14-6-16(19)21-9-20-14/h2-6,8-9H,1H3,(H2,19,20,21). The van der Waals surface area contributed by atoms with Crippen LogP contribution in [0.25, 0.3) is 16.9 Å². The van der Waals surface area contributed by atoms with E-state index < -0.39 is 0 Å². The quantitative estimate of drug-likeness (QED) is 0.787. The lowest BCUT2D eigenvalue weighted by Gasteiger charge is -2.09. The van der Waals surface area contributed by atoms with Crippen molar-refractivity contribution in [3.8, 4) is 23.0 Å². The second-order valence-electron chi connectivity index (χ2n) is 4.85. The minimum Gasteiger partial charge on any atom is -0.384 e. The molecule has 108 valence electrons. The predicted octanol–water partition coefficient (Wildman–Crippen LogP) is 3.35. The Labute approximate surface area is 132 Å². The zero-order valence-electron chi connectivity index (χ0n) is 11.8. The smallest absolute Gasteiger partial charge is 0.127 e. The fourth-order valence-corrected chi connectivity index (χ4v) is 2.43. The first-order valence-electron chi connectivity index (χ1n) is 6.55. The van der Waals surface area contributed by atoms with Gasteiger partial charge in [0.15, 0.2) is 0 Å². The maximum atomic E-state index is 9.39. The normalized spacial score (nSPS) is 10.4. The van der Waals surface area contributed by atoms with Crippen LogP contribution in [0.1, 0.15) is 11.3 Å². The Morgan fingerprint density at radius 3 is 2.77 bits per heavy atom. The highest BCUT2D eigenvalue weighted by Gasteiger charge is 2.12. The number of benzene rings is 1. The van der Waals surface area contributed by atoms with Crippen molar-refractivity contribution < 1.29 is 0 Å². The number of halogens is 1. The van der Waals surface area contributed by atoms with Crippen molar-refractivity contribution in [3.05, 3.63) is 59.1 Å². The van der Waals surface area contributed by atoms with Crippen LogP contribution in [0.4, 0.5) is 5.82 Å². The van der Waals surface area contributed by atoms with Crippen LogP contribution >= 0.6 is 11.6 Å². The van der Waals surface area contributed by atoms with Crippen LogP contribution in [-0.4, -0.2) is 14.5 Å². The molecule has 3 aromatic rings. The van der Waals surface area contributed by atoms with E-state index in [9.17, 15) is 5.26 Å². The van der Waals surface area contributed by atoms with Gasteiger partial charge >= 0.3 is 0 Å². The van der Waals surface area contributed by atoms with Gasteiger partial charge in [-0.2, -0.15) is 5.26 Å². The van der Waals surface area contributed by atoms with Crippen LogP contribution in [0.3, 0.4) is 0 Å². The van der Waals surface area contributed by atoms with Gasteiger partial charge in [-0.25, -0.2) is 9.97 Å². The van der Waals surface area contributed by atoms with Crippen LogP contribution in [0, 0.1) is 18.3 Å². The summed E-state index contributed by atoms with van der Waals surface area (Å²) in [5.41, 5.74) is 9.53. The number of nitrogens with two attached hydrogens (primary N) is 1. The van der Waals surface area contributed by atoms with E-state index in [0.717, 1.165) is 16.8 Å². The van der Waals surface area contributed by atoms with Crippen LogP contribution < -0.4 is 5.73 Å². The Morgan fingerprint density at radius 1 is 1.23 bits per heavy atom. The molecule has 0 aliphatic heterocycles. The minimum atomic E-state index is 0.384. The molecule has 0 unspecified atom stereocenters. The second kappa shape index (κ2) is 5.51. The van der Waals surface area contributed by atoms with Crippen molar-refractivity contribution in [1.82, 2.24) is 14.5 Å². The van der Waals surface area contributed by atoms with Crippen molar-refractivity contribution in [1.29, 1.82) is 5.26 Å². The number of hydrogen-bond donors (Lipinski definition) is 1. The lowest BCUT2D eigenvalue weighted by Crippen LogP contribution is -1.98. The molecule has 2 N–H and O–H groups in total. The Morgan fingerprint density at radius 2 is 2.05 bits per heavy atom. The molecule has 0 saturated heterocycles. The average molecular weight is 310 g/mol. The fourth-order valence-electron chi connectivity index (χ4n) is 2.26. The van der Waals surface area contributed by atoms with Gasteiger partial charge in [-0.3, -0.25) is 0 Å². The van der Waals surface area contributed by atoms with E-state index in [1.807, 2.05) is 31.3 Å². The molecular weight excluding hydrogens is 298 g/mol. The van der Waals surface area contributed by atoms with Gasteiger partial charge in [0.1, 0.15) is 23.9 Å². The summed E-state index contributed by atoms with van der Waals surface area (Å²) >= 11 is 6.07. The molecule has 2 heterocycles. The Bertz CT molecular complexity index is 892. The van der Waals surface area contributed by atoms with E-state index in [0.29, 0.717) is 22.2 Å². The summed E-state index contributed by atoms with van der Waals surface area (Å²) in [5, 5.41) is 10.0. The Balaban J connectivity index is 2.18. The molecule has 0 bridgehead atoms. The summed E-state index contributed by atoms with van der Waals surface area (Å²) in [7, 11) is 0. The topological polar surface area (TPSA) is 80.5 Å². The highest BCUT2D eigenvalue weighted by atomic mass is 35.5. The highest BCUT2D eigenvalue weighted by molar-refractivity contribution is 6.30. The van der Waals surface area contributed by atoms with Crippen LogP contribution in [0.2, 0.25) is 5.02 Å². The summed E-state index contributed by atoms with van der Waals surface area (Å²) in [6.45, 7) is 1.97. The van der Waals surface area contributed by atoms with Crippen LogP contribution in [0.15, 0.2) is 42.9 Å². The molecule has 0 spiro atoms. The molecule has 0 radical (unpaired) electrons. The molecule has 0 saturated carbocycles. The third-order valence-electron chi connectivity index (χ3n) is 3.35. The molecule has 5 nitrogen and oxygen atoms in total. The maximum absolute atomic E-state index is 9.39. The van der Waals surface area contributed by atoms with Gasteiger partial charge in [0.25, 0.3) is 0 Å². The molecule has 0 fully saturated rings. The van der Waals surface area contributed by atoms with E-state index in [1.165, 1.54) is 6.33 Å². The first-order chi connectivity index (χ1) is 10.6. The second-order valence-corrected chi connectivity index (χ2v) is 5.29. The van der Waals surface area contributed by atoms with Crippen molar-refractivity contribution in [2.45, 2.75) is 6.92 Å². The SMILES string of the molecule is Cc1ccc(Cl)cc1-n1cc(-c2cc(N)ncn2)cc1C#N. The number of rotatable bonds is 2. The van der Waals surface area contributed by atoms with Gasteiger partial charge in [-0.05, 0) is 30.7 Å². The lowest BCUT2D eigenvalue weighted by molar-refractivity contribution is 1.03. The lowest BCUT2D eigenvalue weighted by atomic mass is 10.2. The molecule has 0 aliphatic carbocycles. The average Bonchev–Trinajstić information content (AvgIpc) is 2.94. The molecule has 1 aromatic carbocycles. The Hall–Kier alpha value is -2.84. The van der Waals surface area contributed by atoms with Gasteiger partial charge in [0, 0.05) is 22.8 Å². The largest absolute Gasteiger partial charge is 0.384 e. The third kappa shape index (κ3) is 2.52. The number of nitrogens with zero attached hydrogens (tertiary/aromatic N) is 4. The summed E-state index contributed by atoms with van der Waals surface area (Å²) in [6, 6.07) is 11.2. The molecule has 3 rings (SSSR count). The molecular formula is C16H12ClN5. The fraction of sp³-hybridized carbons (Fsp3) is 0.0625. The highest BCUT2D eigenvalue weighted by Crippen LogP contribution is 2.26. The summed E-state index contributed by atoms with van der Waals surface area (Å²) < 4.78 is 1.80. The van der Waals surface area contributed by atoms with Crippen LogP contribution in [-0.2, 0) is 0 Å². The molecule has 2 aromatic heterocycles. The number of anilines is 1. The van der Waals surface area contributed by atoms with Gasteiger partial charge in [0.2, 0.25) is 0 Å². The van der Waals surface area contributed by atoms with Gasteiger partial charge < -0.3 is 10.3 Å². The van der Waals surface area contributed by atoms with Gasteiger partial charge in [0.05, 0.1) is 11.4 Å². The van der Waals surface area contributed by atoms with Crippen LogP contribution in [0.5, 0.6) is 0 Å². The van der Waals surface area contributed by atoms with E-state index in [1.54, 1.807) is 16.7 Å². The number of nitrogen functional groups attached to an aromatic ring is 1. The number of hydrogen-bond acceptors (Lipinski definition) is 4. The van der Waals surface area contributed by atoms with E-state index in [-0.39, 0.29) is 0 Å². The van der Waals surface area contributed by atoms with Crippen molar-refractivity contribution in [2.75, 3.05) is 5.73 Å². The van der Waals surface area contributed by atoms with E-state index in [4.69, 9.17) is 17.3 Å². The molecule has 0 aliphatic rings. The number of aromatic nitrogens is 3. The first kappa shape index (κ1) is 14.1. The summed E-state index contributed by atoms with van der Waals surface area (Å²) in [5.74, 6) is 0.384. The van der Waals surface area contributed by atoms with Crippen molar-refractivity contribution in [2.24, 2.45) is 0 Å². The third-order valence-corrected chi connectivity index (χ3v) is 3.58. The number of aryl methyl sites for hydroxylation is 1. The van der Waals surface area contributed by atoms with Crippen molar-refractivity contribution in [3.63, 3.8) is 0 Å². The number of nitriles is 1. The maximum Gasteiger partial charge on any atom is 0.127 e. The Kier molecular flexibility index (Phi) is 3.53. The first-order valence-corrected chi connectivity index (χ1v) is 6.93. The van der Waals surface area contributed by atoms with Gasteiger partial charge in [-0.1, -0.05) is 17.7 Å². The van der Waals surface area contributed by atoms with E-state index in [2.05, 4.69) is 16.0 Å². The molecule has 0 amide bonds. The van der Waals surface area contributed by atoms with Gasteiger partial charge in [-0.15, -0.1) is 0 Å². The monoisotopic (exact) mass is 309 g/mol. The van der Waals surface area contributed by atoms with E-state index >= 15 is 0 Å². The van der Waals surface area contributed by atoms with Crippen molar-refractivity contribution >= 4 is 17.4 Å². The predicted molar refractivity (Wildman–Crippen MR) is 85.7 cm³/mol. The summed E-state index contributed by atoms with van der Waals surface area (Å²) in [6.07, 6.45) is 3.25. The molecule has 6 heteroatoms. The summed E-state index contributed by atoms with van der Waals surface area (Å²) in [4.78, 5) is 8.07.